The molecule has 76 valence electrons. The fraction of sp³-hybridized carbons (Fsp3) is 0.538. The number of nitrogens with one attached hydrogen (secondary N) is 1. The Morgan fingerprint density at radius 3 is 2.93 bits per heavy atom. The predicted octanol–water partition coefficient (Wildman–Crippen LogP) is 3.69. The molecular weight excluding hydrogens is 170 g/mol. The molecule has 0 unspecified atom stereocenters. The highest BCUT2D eigenvalue weighted by atomic mass is 14.9. The zero-order valence-corrected chi connectivity index (χ0v) is 9.30. The highest BCUT2D eigenvalue weighted by molar-refractivity contribution is 5.56. The summed E-state index contributed by atoms with van der Waals surface area (Å²) in [6, 6.07) is 7.40. The van der Waals surface area contributed by atoms with Gasteiger partial charge in [0, 0.05) is 11.7 Å². The molecule has 2 rings (SSSR count). The number of rotatable bonds is 1. The van der Waals surface area contributed by atoms with Crippen molar-refractivity contribution < 1.29 is 0 Å². The molecule has 0 radical (unpaired) electrons. The molecule has 1 aromatic rings. The molecular formula is C13H19N. The minimum absolute atomic E-state index is 0.667. The molecule has 1 aromatic carbocycles. The van der Waals surface area contributed by atoms with Crippen molar-refractivity contribution in [2.24, 2.45) is 0 Å². The van der Waals surface area contributed by atoms with Crippen LogP contribution in [0.1, 0.15) is 43.7 Å². The number of fused-ring (bicyclic) bond motifs is 1. The van der Waals surface area contributed by atoms with E-state index in [4.69, 9.17) is 0 Å². The molecule has 1 nitrogen and oxygen atoms in total. The minimum Gasteiger partial charge on any atom is -0.382 e. The van der Waals surface area contributed by atoms with E-state index in [9.17, 15) is 0 Å². The third kappa shape index (κ3) is 1.63. The van der Waals surface area contributed by atoms with E-state index in [2.05, 4.69) is 44.3 Å². The molecule has 1 aliphatic rings. The summed E-state index contributed by atoms with van der Waals surface area (Å²) in [5.41, 5.74) is 4.21. The molecule has 0 saturated heterocycles. The van der Waals surface area contributed by atoms with Crippen molar-refractivity contribution in [1.82, 2.24) is 0 Å². The van der Waals surface area contributed by atoms with E-state index in [-0.39, 0.29) is 0 Å². The van der Waals surface area contributed by atoms with E-state index in [0.29, 0.717) is 12.0 Å². The normalized spacial score (nSPS) is 25.4. The van der Waals surface area contributed by atoms with Gasteiger partial charge in [-0.25, -0.2) is 0 Å². The summed E-state index contributed by atoms with van der Waals surface area (Å²) in [6.07, 6.45) is 2.49. The first kappa shape index (κ1) is 9.57. The fourth-order valence-corrected chi connectivity index (χ4v) is 2.32. The van der Waals surface area contributed by atoms with Crippen LogP contribution in [0, 0.1) is 6.92 Å². The third-order valence-electron chi connectivity index (χ3n) is 3.23. The smallest absolute Gasteiger partial charge is 0.0377 e. The van der Waals surface area contributed by atoms with Crippen LogP contribution in [0.15, 0.2) is 18.2 Å². The van der Waals surface area contributed by atoms with E-state index in [1.54, 1.807) is 0 Å². The zero-order chi connectivity index (χ0) is 10.1. The van der Waals surface area contributed by atoms with Crippen molar-refractivity contribution in [2.75, 3.05) is 5.32 Å². The number of anilines is 1. The van der Waals surface area contributed by atoms with Crippen LogP contribution in [-0.2, 0) is 0 Å². The second-order valence-electron chi connectivity index (χ2n) is 4.48. The Balaban J connectivity index is 2.35. The number of benzene rings is 1. The van der Waals surface area contributed by atoms with Gasteiger partial charge in [0.1, 0.15) is 0 Å². The lowest BCUT2D eigenvalue weighted by Crippen LogP contribution is -2.26. The maximum atomic E-state index is 3.60. The maximum Gasteiger partial charge on any atom is 0.0377 e. The van der Waals surface area contributed by atoms with Gasteiger partial charge in [-0.05, 0) is 37.3 Å². The molecule has 1 heteroatoms. The molecule has 14 heavy (non-hydrogen) atoms. The number of hydrogen-bond acceptors (Lipinski definition) is 1. The van der Waals surface area contributed by atoms with Crippen molar-refractivity contribution in [3.63, 3.8) is 0 Å². The van der Waals surface area contributed by atoms with E-state index >= 15 is 0 Å². The average Bonchev–Trinajstić information content (AvgIpc) is 2.19. The van der Waals surface area contributed by atoms with Crippen molar-refractivity contribution in [1.29, 1.82) is 0 Å². The standard InChI is InChI=1S/C13H19N/c1-4-11-8-10(3)12-7-9(2)5-6-13(12)14-11/h5-7,10-11,14H,4,8H2,1-3H3/t10-,11+/m0/s1. The van der Waals surface area contributed by atoms with Crippen LogP contribution in [0.25, 0.3) is 0 Å². The number of hydrogen-bond donors (Lipinski definition) is 1. The molecule has 1 N–H and O–H groups in total. The van der Waals surface area contributed by atoms with Crippen LogP contribution in [0.2, 0.25) is 0 Å². The van der Waals surface area contributed by atoms with Gasteiger partial charge in [-0.1, -0.05) is 31.5 Å². The topological polar surface area (TPSA) is 12.0 Å². The lowest BCUT2D eigenvalue weighted by molar-refractivity contribution is 0.546. The molecule has 1 heterocycles. The average molecular weight is 189 g/mol. The molecule has 0 saturated carbocycles. The molecule has 0 aliphatic carbocycles. The van der Waals surface area contributed by atoms with Gasteiger partial charge >= 0.3 is 0 Å². The Kier molecular flexibility index (Phi) is 2.49. The van der Waals surface area contributed by atoms with Crippen molar-refractivity contribution in [3.8, 4) is 0 Å². The van der Waals surface area contributed by atoms with Crippen molar-refractivity contribution in [3.05, 3.63) is 29.3 Å². The molecule has 0 bridgehead atoms. The molecule has 0 spiro atoms. The molecule has 2 atom stereocenters. The van der Waals surface area contributed by atoms with Crippen LogP contribution in [0.5, 0.6) is 0 Å². The third-order valence-corrected chi connectivity index (χ3v) is 3.23. The van der Waals surface area contributed by atoms with Gasteiger partial charge in [0.25, 0.3) is 0 Å². The van der Waals surface area contributed by atoms with Gasteiger partial charge in [-0.3, -0.25) is 0 Å². The lowest BCUT2D eigenvalue weighted by atomic mass is 9.87. The summed E-state index contributed by atoms with van der Waals surface area (Å²) in [7, 11) is 0. The minimum atomic E-state index is 0.667. The SMILES string of the molecule is CC[C@@H]1C[C@H](C)c2cc(C)ccc2N1. The molecule has 1 aliphatic heterocycles. The summed E-state index contributed by atoms with van der Waals surface area (Å²) in [5.74, 6) is 0.705. The van der Waals surface area contributed by atoms with Gasteiger partial charge in [0.05, 0.1) is 0 Å². The Morgan fingerprint density at radius 1 is 1.43 bits per heavy atom. The fourth-order valence-electron chi connectivity index (χ4n) is 2.32. The monoisotopic (exact) mass is 189 g/mol. The molecule has 0 aromatic heterocycles. The maximum absolute atomic E-state index is 3.60. The zero-order valence-electron chi connectivity index (χ0n) is 9.30. The van der Waals surface area contributed by atoms with Crippen molar-refractivity contribution >= 4 is 5.69 Å². The second kappa shape index (κ2) is 3.64. The van der Waals surface area contributed by atoms with Crippen LogP contribution < -0.4 is 5.32 Å². The van der Waals surface area contributed by atoms with Crippen LogP contribution in [0.4, 0.5) is 5.69 Å². The Bertz CT molecular complexity index is 330. The highest BCUT2D eigenvalue weighted by Crippen LogP contribution is 2.35. The Morgan fingerprint density at radius 2 is 2.21 bits per heavy atom. The van der Waals surface area contributed by atoms with Gasteiger partial charge in [0.2, 0.25) is 0 Å². The van der Waals surface area contributed by atoms with E-state index in [0.717, 1.165) is 0 Å². The van der Waals surface area contributed by atoms with Crippen LogP contribution in [0.3, 0.4) is 0 Å². The van der Waals surface area contributed by atoms with E-state index in [1.807, 2.05) is 0 Å². The van der Waals surface area contributed by atoms with Gasteiger partial charge < -0.3 is 5.32 Å². The van der Waals surface area contributed by atoms with Gasteiger partial charge in [-0.2, -0.15) is 0 Å². The Hall–Kier alpha value is -0.980. The summed E-state index contributed by atoms with van der Waals surface area (Å²) in [4.78, 5) is 0. The molecule has 0 amide bonds. The molecule has 0 fully saturated rings. The first-order chi connectivity index (χ1) is 6.70. The Labute approximate surface area is 86.5 Å². The van der Waals surface area contributed by atoms with Crippen molar-refractivity contribution in [2.45, 2.75) is 45.6 Å². The second-order valence-corrected chi connectivity index (χ2v) is 4.48. The summed E-state index contributed by atoms with van der Waals surface area (Å²) in [5, 5.41) is 3.60. The lowest BCUT2D eigenvalue weighted by Gasteiger charge is -2.31. The highest BCUT2D eigenvalue weighted by Gasteiger charge is 2.21. The summed E-state index contributed by atoms with van der Waals surface area (Å²) < 4.78 is 0. The van der Waals surface area contributed by atoms with Gasteiger partial charge in [-0.15, -0.1) is 0 Å². The first-order valence-electron chi connectivity index (χ1n) is 5.57. The number of aryl methyl sites for hydroxylation is 1. The quantitative estimate of drug-likeness (QED) is 0.710. The summed E-state index contributed by atoms with van der Waals surface area (Å²) in [6.45, 7) is 6.75. The van der Waals surface area contributed by atoms with Crippen LogP contribution in [-0.4, -0.2) is 6.04 Å². The first-order valence-corrected chi connectivity index (χ1v) is 5.57. The van der Waals surface area contributed by atoms with E-state index < -0.39 is 0 Å². The van der Waals surface area contributed by atoms with Crippen LogP contribution >= 0.6 is 0 Å². The summed E-state index contributed by atoms with van der Waals surface area (Å²) >= 11 is 0. The van der Waals surface area contributed by atoms with E-state index in [1.165, 1.54) is 29.7 Å². The largest absolute Gasteiger partial charge is 0.382 e. The predicted molar refractivity (Wildman–Crippen MR) is 61.9 cm³/mol. The van der Waals surface area contributed by atoms with Gasteiger partial charge in [0.15, 0.2) is 0 Å².